The van der Waals surface area contributed by atoms with Crippen LogP contribution in [0.5, 0.6) is 0 Å². The van der Waals surface area contributed by atoms with E-state index in [0.29, 0.717) is 29.2 Å². The molecular weight excluding hydrogens is 338 g/mol. The third-order valence-corrected chi connectivity index (χ3v) is 4.16. The Hall–Kier alpha value is -2.79. The Labute approximate surface area is 150 Å². The molecule has 0 aliphatic rings. The summed E-state index contributed by atoms with van der Waals surface area (Å²) in [7, 11) is 1.91. The van der Waals surface area contributed by atoms with Gasteiger partial charge in [-0.1, -0.05) is 35.9 Å². The molecule has 25 heavy (non-hydrogen) atoms. The van der Waals surface area contributed by atoms with Crippen molar-refractivity contribution < 1.29 is 9.59 Å². The number of carbonyl (C=O) groups is 2. The number of hydrogen-bond donors (Lipinski definition) is 2. The standard InChI is InChI=1S/C19H18ClN3O2/c1-23-12-16(15-7-2-3-8-17(15)23)19(25)22-10-9-21-18(24)13-5-4-6-14(20)11-13/h2-8,11-12H,9-10H2,1H3,(H,21,24)(H,22,25). The van der Waals surface area contributed by atoms with Gasteiger partial charge in [-0.15, -0.1) is 0 Å². The van der Waals surface area contributed by atoms with Crippen LogP contribution < -0.4 is 10.6 Å². The fourth-order valence-corrected chi connectivity index (χ4v) is 2.89. The van der Waals surface area contributed by atoms with Crippen LogP contribution in [0.1, 0.15) is 20.7 Å². The van der Waals surface area contributed by atoms with Gasteiger partial charge in [0.25, 0.3) is 11.8 Å². The average Bonchev–Trinajstić information content (AvgIpc) is 2.96. The summed E-state index contributed by atoms with van der Waals surface area (Å²) in [6.45, 7) is 0.677. The van der Waals surface area contributed by atoms with E-state index in [0.717, 1.165) is 10.9 Å². The van der Waals surface area contributed by atoms with Gasteiger partial charge in [-0.05, 0) is 24.3 Å². The Kier molecular flexibility index (Phi) is 5.05. The molecule has 2 aromatic carbocycles. The zero-order chi connectivity index (χ0) is 17.8. The summed E-state index contributed by atoms with van der Waals surface area (Å²) in [5.74, 6) is -0.379. The predicted molar refractivity (Wildman–Crippen MR) is 99.0 cm³/mol. The van der Waals surface area contributed by atoms with Crippen LogP contribution in [0.4, 0.5) is 0 Å². The number of benzene rings is 2. The lowest BCUT2D eigenvalue weighted by atomic mass is 10.1. The molecule has 0 bridgehead atoms. The first kappa shape index (κ1) is 17.0. The summed E-state index contributed by atoms with van der Waals surface area (Å²) in [4.78, 5) is 24.4. The second-order valence-corrected chi connectivity index (χ2v) is 6.13. The first-order valence-electron chi connectivity index (χ1n) is 7.92. The van der Waals surface area contributed by atoms with E-state index >= 15 is 0 Å². The number of aromatic nitrogens is 1. The molecule has 1 aromatic heterocycles. The lowest BCUT2D eigenvalue weighted by Gasteiger charge is -2.07. The van der Waals surface area contributed by atoms with Gasteiger partial charge in [0, 0.05) is 47.8 Å². The summed E-state index contributed by atoms with van der Waals surface area (Å²) in [5.41, 5.74) is 2.12. The largest absolute Gasteiger partial charge is 0.350 e. The van der Waals surface area contributed by atoms with Gasteiger partial charge in [0.2, 0.25) is 0 Å². The number of halogens is 1. The first-order chi connectivity index (χ1) is 12.1. The van der Waals surface area contributed by atoms with Gasteiger partial charge < -0.3 is 15.2 Å². The summed E-state index contributed by atoms with van der Waals surface area (Å²) in [6, 6.07) is 14.5. The molecule has 0 saturated carbocycles. The number of hydrogen-bond acceptors (Lipinski definition) is 2. The minimum absolute atomic E-state index is 0.159. The number of nitrogens with one attached hydrogen (secondary N) is 2. The maximum absolute atomic E-state index is 12.4. The Morgan fingerprint density at radius 1 is 1.00 bits per heavy atom. The first-order valence-corrected chi connectivity index (χ1v) is 8.30. The maximum Gasteiger partial charge on any atom is 0.253 e. The Bertz CT molecular complexity index is 933. The van der Waals surface area contributed by atoms with Gasteiger partial charge in [-0.3, -0.25) is 9.59 Å². The normalized spacial score (nSPS) is 10.6. The van der Waals surface area contributed by atoms with E-state index in [1.807, 2.05) is 42.1 Å². The highest BCUT2D eigenvalue weighted by Crippen LogP contribution is 2.19. The zero-order valence-corrected chi connectivity index (χ0v) is 14.5. The second kappa shape index (κ2) is 7.40. The molecule has 0 radical (unpaired) electrons. The SMILES string of the molecule is Cn1cc(C(=O)NCCNC(=O)c2cccc(Cl)c2)c2ccccc21. The van der Waals surface area contributed by atoms with Gasteiger partial charge in [0.05, 0.1) is 5.56 Å². The number of nitrogens with zero attached hydrogens (tertiary/aromatic N) is 1. The van der Waals surface area contributed by atoms with E-state index in [1.54, 1.807) is 24.3 Å². The quantitative estimate of drug-likeness (QED) is 0.691. The van der Waals surface area contributed by atoms with Crippen LogP contribution >= 0.6 is 11.6 Å². The fraction of sp³-hybridized carbons (Fsp3) is 0.158. The van der Waals surface area contributed by atoms with Crippen molar-refractivity contribution in [1.29, 1.82) is 0 Å². The number of fused-ring (bicyclic) bond motifs is 1. The van der Waals surface area contributed by atoms with Crippen molar-refractivity contribution in [3.8, 4) is 0 Å². The Morgan fingerprint density at radius 3 is 2.48 bits per heavy atom. The molecule has 128 valence electrons. The molecule has 6 heteroatoms. The van der Waals surface area contributed by atoms with Crippen LogP contribution in [0, 0.1) is 0 Å². The van der Waals surface area contributed by atoms with Crippen molar-refractivity contribution in [2.24, 2.45) is 7.05 Å². The minimum Gasteiger partial charge on any atom is -0.350 e. The third-order valence-electron chi connectivity index (χ3n) is 3.92. The number of aryl methyl sites for hydroxylation is 1. The van der Waals surface area contributed by atoms with Crippen LogP contribution in [0.2, 0.25) is 5.02 Å². The summed E-state index contributed by atoms with van der Waals surface area (Å²) >= 11 is 5.87. The Morgan fingerprint density at radius 2 is 1.72 bits per heavy atom. The molecule has 2 amide bonds. The van der Waals surface area contributed by atoms with E-state index in [9.17, 15) is 9.59 Å². The summed E-state index contributed by atoms with van der Waals surface area (Å²) in [6.07, 6.45) is 1.81. The molecule has 0 aliphatic carbocycles. The topological polar surface area (TPSA) is 63.1 Å². The summed E-state index contributed by atoms with van der Waals surface area (Å²) in [5, 5.41) is 7.01. The van der Waals surface area contributed by atoms with Crippen molar-refractivity contribution in [1.82, 2.24) is 15.2 Å². The molecule has 0 aliphatic heterocycles. The van der Waals surface area contributed by atoms with Crippen molar-refractivity contribution in [3.63, 3.8) is 0 Å². The van der Waals surface area contributed by atoms with E-state index in [-0.39, 0.29) is 11.8 Å². The minimum atomic E-state index is -0.220. The van der Waals surface area contributed by atoms with Gasteiger partial charge in [0.15, 0.2) is 0 Å². The highest BCUT2D eigenvalue weighted by atomic mass is 35.5. The molecule has 3 aromatic rings. The number of carbonyl (C=O) groups excluding carboxylic acids is 2. The smallest absolute Gasteiger partial charge is 0.253 e. The molecule has 0 saturated heterocycles. The molecule has 0 unspecified atom stereocenters. The predicted octanol–water partition coefficient (Wildman–Crippen LogP) is 2.99. The fourth-order valence-electron chi connectivity index (χ4n) is 2.70. The van der Waals surface area contributed by atoms with Crippen molar-refractivity contribution in [2.75, 3.05) is 13.1 Å². The van der Waals surface area contributed by atoms with Crippen molar-refractivity contribution in [2.45, 2.75) is 0 Å². The van der Waals surface area contributed by atoms with Gasteiger partial charge in [0.1, 0.15) is 0 Å². The van der Waals surface area contributed by atoms with E-state index in [4.69, 9.17) is 11.6 Å². The molecule has 0 atom stereocenters. The van der Waals surface area contributed by atoms with E-state index in [1.165, 1.54) is 0 Å². The van der Waals surface area contributed by atoms with Gasteiger partial charge >= 0.3 is 0 Å². The summed E-state index contributed by atoms with van der Waals surface area (Å²) < 4.78 is 1.92. The van der Waals surface area contributed by atoms with Crippen LogP contribution in [-0.2, 0) is 7.05 Å². The number of rotatable bonds is 5. The zero-order valence-electron chi connectivity index (χ0n) is 13.8. The monoisotopic (exact) mass is 355 g/mol. The Balaban J connectivity index is 1.55. The molecule has 0 fully saturated rings. The van der Waals surface area contributed by atoms with Crippen LogP contribution in [0.15, 0.2) is 54.7 Å². The lowest BCUT2D eigenvalue weighted by Crippen LogP contribution is -2.34. The molecule has 0 spiro atoms. The molecule has 5 nitrogen and oxygen atoms in total. The van der Waals surface area contributed by atoms with Crippen LogP contribution in [0.25, 0.3) is 10.9 Å². The highest BCUT2D eigenvalue weighted by Gasteiger charge is 2.13. The van der Waals surface area contributed by atoms with E-state index < -0.39 is 0 Å². The van der Waals surface area contributed by atoms with Gasteiger partial charge in [-0.2, -0.15) is 0 Å². The number of para-hydroxylation sites is 1. The third kappa shape index (κ3) is 3.83. The lowest BCUT2D eigenvalue weighted by molar-refractivity contribution is 0.0928. The molecule has 3 rings (SSSR count). The highest BCUT2D eigenvalue weighted by molar-refractivity contribution is 6.30. The van der Waals surface area contributed by atoms with Gasteiger partial charge in [-0.25, -0.2) is 0 Å². The van der Waals surface area contributed by atoms with E-state index in [2.05, 4.69) is 10.6 Å². The number of amides is 2. The van der Waals surface area contributed by atoms with Crippen LogP contribution in [-0.4, -0.2) is 29.5 Å². The molecule has 2 N–H and O–H groups in total. The van der Waals surface area contributed by atoms with Crippen molar-refractivity contribution >= 4 is 34.3 Å². The van der Waals surface area contributed by atoms with Crippen molar-refractivity contribution in [3.05, 3.63) is 70.9 Å². The molecular formula is C19H18ClN3O2. The van der Waals surface area contributed by atoms with Crippen LogP contribution in [0.3, 0.4) is 0 Å². The second-order valence-electron chi connectivity index (χ2n) is 5.69. The maximum atomic E-state index is 12.4. The average molecular weight is 356 g/mol. The molecule has 1 heterocycles.